The van der Waals surface area contributed by atoms with Crippen LogP contribution in [0.15, 0.2) is 17.0 Å². The Morgan fingerprint density at radius 3 is 2.41 bits per heavy atom. The van der Waals surface area contributed by atoms with E-state index < -0.39 is 28.5 Å². The molecule has 1 fully saturated rings. The van der Waals surface area contributed by atoms with Crippen molar-refractivity contribution in [1.82, 2.24) is 10.0 Å². The lowest BCUT2D eigenvalue weighted by Gasteiger charge is -2.22. The first-order valence-corrected chi connectivity index (χ1v) is 11.8. The first kappa shape index (κ1) is 23.9. The van der Waals surface area contributed by atoms with Crippen LogP contribution in [0.1, 0.15) is 56.3 Å². The molecule has 0 bridgehead atoms. The predicted molar refractivity (Wildman–Crippen MR) is 112 cm³/mol. The number of sulfonamides is 1. The Labute approximate surface area is 181 Å². The van der Waals surface area contributed by atoms with Crippen LogP contribution in [0.4, 0.5) is 0 Å². The van der Waals surface area contributed by atoms with Crippen LogP contribution in [0.25, 0.3) is 0 Å². The van der Waals surface area contributed by atoms with Crippen LogP contribution < -0.4 is 10.0 Å². The molecule has 7 nitrogen and oxygen atoms in total. The van der Waals surface area contributed by atoms with Crippen LogP contribution in [-0.4, -0.2) is 39.5 Å². The van der Waals surface area contributed by atoms with Gasteiger partial charge < -0.3 is 10.1 Å². The van der Waals surface area contributed by atoms with Gasteiger partial charge in [-0.3, -0.25) is 4.79 Å². The van der Waals surface area contributed by atoms with E-state index in [0.717, 1.165) is 38.2 Å². The second-order valence-corrected chi connectivity index (χ2v) is 10.0. The summed E-state index contributed by atoms with van der Waals surface area (Å²) in [5.74, 6) is -1.21. The number of carbonyl (C=O) groups excluding carboxylic acids is 2. The first-order chi connectivity index (χ1) is 13.6. The van der Waals surface area contributed by atoms with Gasteiger partial charge in [0.15, 0.2) is 6.61 Å². The molecule has 162 valence electrons. The summed E-state index contributed by atoms with van der Waals surface area (Å²) in [6, 6.07) is 2.33. The molecule has 1 aliphatic carbocycles. The van der Waals surface area contributed by atoms with Gasteiger partial charge in [-0.15, -0.1) is 0 Å². The highest BCUT2D eigenvalue weighted by Gasteiger charge is 2.24. The van der Waals surface area contributed by atoms with Gasteiger partial charge in [-0.05, 0) is 30.9 Å². The van der Waals surface area contributed by atoms with Crippen molar-refractivity contribution in [3.8, 4) is 0 Å². The van der Waals surface area contributed by atoms with E-state index in [9.17, 15) is 18.0 Å². The highest BCUT2D eigenvalue weighted by atomic mass is 35.5. The molecule has 2 rings (SSSR count). The van der Waals surface area contributed by atoms with Crippen LogP contribution in [0, 0.1) is 5.92 Å². The van der Waals surface area contributed by atoms with E-state index in [2.05, 4.69) is 10.0 Å². The minimum atomic E-state index is -3.94. The fraction of sp³-hybridized carbons (Fsp3) is 0.579. The molecule has 0 spiro atoms. The zero-order valence-electron chi connectivity index (χ0n) is 16.5. The lowest BCUT2D eigenvalue weighted by molar-refractivity contribution is -0.125. The smallest absolute Gasteiger partial charge is 0.340 e. The van der Waals surface area contributed by atoms with E-state index in [0.29, 0.717) is 0 Å². The molecule has 0 aromatic heterocycles. The molecule has 1 aliphatic rings. The minimum Gasteiger partial charge on any atom is -0.452 e. The summed E-state index contributed by atoms with van der Waals surface area (Å²) in [7, 11) is -3.94. The molecule has 1 amide bonds. The average molecular weight is 465 g/mol. The maximum absolute atomic E-state index is 12.5. The zero-order valence-corrected chi connectivity index (χ0v) is 18.8. The number of esters is 1. The Hall–Kier alpha value is -1.35. The van der Waals surface area contributed by atoms with Crippen molar-refractivity contribution >= 4 is 45.1 Å². The quantitative estimate of drug-likeness (QED) is 0.572. The molecule has 1 aromatic carbocycles. The summed E-state index contributed by atoms with van der Waals surface area (Å²) in [6.45, 7) is 3.45. The summed E-state index contributed by atoms with van der Waals surface area (Å²) < 4.78 is 32.4. The molecular weight excluding hydrogens is 439 g/mol. The second-order valence-electron chi connectivity index (χ2n) is 7.49. The van der Waals surface area contributed by atoms with Gasteiger partial charge in [0.2, 0.25) is 10.0 Å². The number of benzene rings is 1. The number of hydrogen-bond acceptors (Lipinski definition) is 5. The van der Waals surface area contributed by atoms with Gasteiger partial charge in [0, 0.05) is 12.6 Å². The Balaban J connectivity index is 2.06. The summed E-state index contributed by atoms with van der Waals surface area (Å²) in [5, 5.41) is 2.66. The van der Waals surface area contributed by atoms with E-state index in [-0.39, 0.29) is 39.0 Å². The third-order valence-corrected chi connectivity index (χ3v) is 6.72. The van der Waals surface area contributed by atoms with Crippen molar-refractivity contribution < 1.29 is 22.7 Å². The molecule has 10 heteroatoms. The van der Waals surface area contributed by atoms with Crippen LogP contribution in [0.5, 0.6) is 0 Å². The van der Waals surface area contributed by atoms with E-state index in [4.69, 9.17) is 27.9 Å². The molecule has 0 aliphatic heterocycles. The lowest BCUT2D eigenvalue weighted by Crippen LogP contribution is -2.38. The van der Waals surface area contributed by atoms with Crippen molar-refractivity contribution in [2.24, 2.45) is 5.92 Å². The number of nitrogens with one attached hydrogen (secondary N) is 2. The topological polar surface area (TPSA) is 102 Å². The fourth-order valence-corrected chi connectivity index (χ4v) is 5.03. The van der Waals surface area contributed by atoms with E-state index in [1.54, 1.807) is 0 Å². The van der Waals surface area contributed by atoms with Gasteiger partial charge in [0.05, 0.1) is 15.6 Å². The summed E-state index contributed by atoms with van der Waals surface area (Å²) >= 11 is 12.1. The average Bonchev–Trinajstić information content (AvgIpc) is 2.65. The normalized spacial score (nSPS) is 15.3. The standard InChI is InChI=1S/C19H26Cl2N2O5S/c1-12(2)10-22-29(26,27)17-8-14(15(20)9-16(17)21)19(25)28-11-18(24)23-13-6-4-3-5-7-13/h8-9,12-13,22H,3-7,10-11H2,1-2H3,(H,23,24). The largest absolute Gasteiger partial charge is 0.452 e. The van der Waals surface area contributed by atoms with E-state index >= 15 is 0 Å². The van der Waals surface area contributed by atoms with Crippen LogP contribution >= 0.6 is 23.2 Å². The number of carbonyl (C=O) groups is 2. The highest BCUT2D eigenvalue weighted by Crippen LogP contribution is 2.29. The first-order valence-electron chi connectivity index (χ1n) is 9.55. The molecule has 0 radical (unpaired) electrons. The van der Waals surface area contributed by atoms with Crippen molar-refractivity contribution in [3.63, 3.8) is 0 Å². The highest BCUT2D eigenvalue weighted by molar-refractivity contribution is 7.89. The Morgan fingerprint density at radius 2 is 1.79 bits per heavy atom. The predicted octanol–water partition coefficient (Wildman–Crippen LogP) is 3.53. The third kappa shape index (κ3) is 7.13. The van der Waals surface area contributed by atoms with Crippen molar-refractivity contribution in [1.29, 1.82) is 0 Å². The Bertz CT molecular complexity index is 852. The van der Waals surface area contributed by atoms with Crippen LogP contribution in [0.2, 0.25) is 10.0 Å². The molecule has 0 saturated heterocycles. The molecule has 1 saturated carbocycles. The van der Waals surface area contributed by atoms with Crippen molar-refractivity contribution in [2.75, 3.05) is 13.2 Å². The number of hydrogen-bond donors (Lipinski definition) is 2. The third-order valence-electron chi connectivity index (χ3n) is 4.52. The van der Waals surface area contributed by atoms with Crippen molar-refractivity contribution in [3.05, 3.63) is 27.7 Å². The monoisotopic (exact) mass is 464 g/mol. The number of halogens is 2. The van der Waals surface area contributed by atoms with Gasteiger partial charge in [-0.2, -0.15) is 0 Å². The summed E-state index contributed by atoms with van der Waals surface area (Å²) in [4.78, 5) is 24.1. The molecule has 1 aromatic rings. The minimum absolute atomic E-state index is 0.0597. The van der Waals surface area contributed by atoms with Crippen molar-refractivity contribution in [2.45, 2.75) is 56.9 Å². The van der Waals surface area contributed by atoms with Crippen LogP contribution in [-0.2, 0) is 19.6 Å². The number of rotatable bonds is 8. The van der Waals surface area contributed by atoms with Crippen LogP contribution in [0.3, 0.4) is 0 Å². The maximum atomic E-state index is 12.5. The van der Waals surface area contributed by atoms with Gasteiger partial charge in [0.25, 0.3) is 5.91 Å². The summed E-state index contributed by atoms with van der Waals surface area (Å²) in [5.41, 5.74) is -0.175. The molecular formula is C19H26Cl2N2O5S. The molecule has 0 unspecified atom stereocenters. The Morgan fingerprint density at radius 1 is 1.14 bits per heavy atom. The maximum Gasteiger partial charge on any atom is 0.340 e. The molecule has 2 N–H and O–H groups in total. The SMILES string of the molecule is CC(C)CNS(=O)(=O)c1cc(C(=O)OCC(=O)NC2CCCCC2)c(Cl)cc1Cl. The van der Waals surface area contributed by atoms with Gasteiger partial charge in [-0.1, -0.05) is 56.3 Å². The van der Waals surface area contributed by atoms with Gasteiger partial charge >= 0.3 is 5.97 Å². The number of amides is 1. The second kappa shape index (κ2) is 10.6. The molecule has 0 heterocycles. The summed E-state index contributed by atoms with van der Waals surface area (Å²) in [6.07, 6.45) is 5.11. The lowest BCUT2D eigenvalue weighted by atomic mass is 9.95. The van der Waals surface area contributed by atoms with E-state index in [1.165, 1.54) is 6.07 Å². The zero-order chi connectivity index (χ0) is 21.6. The number of ether oxygens (including phenoxy) is 1. The molecule has 0 atom stereocenters. The Kier molecular flexibility index (Phi) is 8.75. The molecule has 29 heavy (non-hydrogen) atoms. The fourth-order valence-electron chi connectivity index (χ4n) is 2.97. The van der Waals surface area contributed by atoms with E-state index in [1.807, 2.05) is 13.8 Å². The van der Waals surface area contributed by atoms with Gasteiger partial charge in [0.1, 0.15) is 4.90 Å². The van der Waals surface area contributed by atoms with Gasteiger partial charge in [-0.25, -0.2) is 17.9 Å².